The van der Waals surface area contributed by atoms with Gasteiger partial charge >= 0.3 is 0 Å². The highest BCUT2D eigenvalue weighted by atomic mass is 79.9. The Morgan fingerprint density at radius 1 is 1.03 bits per heavy atom. The number of hydrogen-bond acceptors (Lipinski definition) is 3. The van der Waals surface area contributed by atoms with Crippen molar-refractivity contribution in [2.24, 2.45) is 0 Å². The molecule has 0 unspecified atom stereocenters. The quantitative estimate of drug-likeness (QED) is 0.289. The molecule has 4 rings (SSSR count). The number of anilines is 1. The molecule has 1 N–H and O–H groups in total. The first-order valence-corrected chi connectivity index (χ1v) is 11.6. The minimum Gasteiger partial charge on any atom is -0.487 e. The van der Waals surface area contributed by atoms with Crippen molar-refractivity contribution in [1.29, 1.82) is 0 Å². The Morgan fingerprint density at radius 2 is 1.76 bits per heavy atom. The van der Waals surface area contributed by atoms with Gasteiger partial charge in [0.25, 0.3) is 5.91 Å². The van der Waals surface area contributed by atoms with E-state index in [0.29, 0.717) is 29.5 Å². The second-order valence-electron chi connectivity index (χ2n) is 7.70. The summed E-state index contributed by atoms with van der Waals surface area (Å²) in [6.45, 7) is 4.87. The molecule has 5 nitrogen and oxygen atoms in total. The van der Waals surface area contributed by atoms with Crippen LogP contribution in [0.25, 0.3) is 0 Å². The van der Waals surface area contributed by atoms with Crippen molar-refractivity contribution in [1.82, 2.24) is 9.78 Å². The lowest BCUT2D eigenvalue weighted by Gasteiger charge is -2.10. The normalized spacial score (nSPS) is 10.8. The highest BCUT2D eigenvalue weighted by molar-refractivity contribution is 9.10. The van der Waals surface area contributed by atoms with Crippen LogP contribution < -0.4 is 10.1 Å². The lowest BCUT2D eigenvalue weighted by molar-refractivity contribution is 0.102. The Labute approximate surface area is 206 Å². The Kier molecular flexibility index (Phi) is 7.16. The molecule has 0 aliphatic heterocycles. The molecular weight excluding hydrogens is 502 g/mol. The molecule has 0 saturated heterocycles. The fourth-order valence-corrected chi connectivity index (χ4v) is 4.21. The van der Waals surface area contributed by atoms with E-state index in [1.165, 1.54) is 0 Å². The number of aromatic nitrogens is 2. The van der Waals surface area contributed by atoms with Gasteiger partial charge in [-0.15, -0.1) is 0 Å². The van der Waals surface area contributed by atoms with Crippen molar-refractivity contribution in [2.45, 2.75) is 27.0 Å². The molecule has 4 aromatic rings. The minimum absolute atomic E-state index is 0.177. The van der Waals surface area contributed by atoms with Crippen molar-refractivity contribution in [2.75, 3.05) is 5.32 Å². The van der Waals surface area contributed by atoms with Crippen LogP contribution in [0.3, 0.4) is 0 Å². The number of nitrogens with zero attached hydrogens (tertiary/aromatic N) is 2. The number of benzene rings is 3. The molecule has 0 saturated carbocycles. The summed E-state index contributed by atoms with van der Waals surface area (Å²) in [6, 6.07) is 22.9. The lowest BCUT2D eigenvalue weighted by atomic mass is 10.1. The molecule has 0 aliphatic rings. The van der Waals surface area contributed by atoms with Crippen LogP contribution in [-0.2, 0) is 13.2 Å². The standard InChI is InChI=1S/C26H23BrClN3O2/c1-17-25(18(2)31(30-17)15-19-6-4-3-5-7-19)29-26(32)21-10-8-20(9-11-21)16-33-24-13-12-22(27)14-23(24)28/h3-14H,15-16H2,1-2H3,(H,29,32). The molecule has 3 aromatic carbocycles. The molecule has 0 fully saturated rings. The van der Waals surface area contributed by atoms with E-state index in [2.05, 4.69) is 38.5 Å². The molecule has 1 heterocycles. The van der Waals surface area contributed by atoms with E-state index in [4.69, 9.17) is 16.3 Å². The number of amides is 1. The number of aryl methyl sites for hydroxylation is 1. The Morgan fingerprint density at radius 3 is 2.45 bits per heavy atom. The average molecular weight is 525 g/mol. The second kappa shape index (κ2) is 10.2. The van der Waals surface area contributed by atoms with E-state index in [1.807, 2.05) is 61.0 Å². The van der Waals surface area contributed by atoms with Crippen LogP contribution in [0.2, 0.25) is 5.02 Å². The molecular formula is C26H23BrClN3O2. The fourth-order valence-electron chi connectivity index (χ4n) is 3.48. The second-order valence-corrected chi connectivity index (χ2v) is 9.03. The van der Waals surface area contributed by atoms with Crippen LogP contribution in [-0.4, -0.2) is 15.7 Å². The van der Waals surface area contributed by atoms with Crippen LogP contribution in [0, 0.1) is 13.8 Å². The van der Waals surface area contributed by atoms with Gasteiger partial charge in [0.05, 0.1) is 28.6 Å². The van der Waals surface area contributed by atoms with Crippen LogP contribution in [0.1, 0.15) is 32.9 Å². The third kappa shape index (κ3) is 5.64. The van der Waals surface area contributed by atoms with Gasteiger partial charge in [0.1, 0.15) is 12.4 Å². The highest BCUT2D eigenvalue weighted by Gasteiger charge is 2.15. The summed E-state index contributed by atoms with van der Waals surface area (Å²) in [5.74, 6) is 0.434. The van der Waals surface area contributed by atoms with Gasteiger partial charge < -0.3 is 10.1 Å². The predicted octanol–water partition coefficient (Wildman–Crippen LogP) is 6.80. The van der Waals surface area contributed by atoms with E-state index in [0.717, 1.165) is 32.7 Å². The molecule has 0 bridgehead atoms. The fraction of sp³-hybridized carbons (Fsp3) is 0.154. The first kappa shape index (κ1) is 23.1. The van der Waals surface area contributed by atoms with E-state index >= 15 is 0 Å². The zero-order valence-corrected chi connectivity index (χ0v) is 20.7. The van der Waals surface area contributed by atoms with E-state index in [1.54, 1.807) is 18.2 Å². The third-order valence-corrected chi connectivity index (χ3v) is 6.09. The molecule has 0 atom stereocenters. The predicted molar refractivity (Wildman–Crippen MR) is 135 cm³/mol. The van der Waals surface area contributed by atoms with Crippen molar-refractivity contribution in [3.63, 3.8) is 0 Å². The third-order valence-electron chi connectivity index (χ3n) is 5.30. The zero-order valence-electron chi connectivity index (χ0n) is 18.3. The summed E-state index contributed by atoms with van der Waals surface area (Å²) in [7, 11) is 0. The van der Waals surface area contributed by atoms with Crippen molar-refractivity contribution >= 4 is 39.1 Å². The SMILES string of the molecule is Cc1nn(Cc2ccccc2)c(C)c1NC(=O)c1ccc(COc2ccc(Br)cc2Cl)cc1. The average Bonchev–Trinajstić information content (AvgIpc) is 3.07. The van der Waals surface area contributed by atoms with Gasteiger partial charge in [0, 0.05) is 10.0 Å². The first-order chi connectivity index (χ1) is 15.9. The summed E-state index contributed by atoms with van der Waals surface area (Å²) in [4.78, 5) is 12.9. The maximum atomic E-state index is 12.9. The topological polar surface area (TPSA) is 56.2 Å². The molecule has 1 aromatic heterocycles. The van der Waals surface area contributed by atoms with Crippen molar-refractivity contribution in [3.8, 4) is 5.75 Å². The van der Waals surface area contributed by atoms with Gasteiger partial charge in [-0.3, -0.25) is 9.48 Å². The summed E-state index contributed by atoms with van der Waals surface area (Å²) >= 11 is 9.58. The summed E-state index contributed by atoms with van der Waals surface area (Å²) in [5, 5.41) is 8.16. The summed E-state index contributed by atoms with van der Waals surface area (Å²) in [5.41, 5.74) is 5.11. The Balaban J connectivity index is 1.40. The molecule has 0 aliphatic carbocycles. The van der Waals surface area contributed by atoms with Crippen LogP contribution in [0.4, 0.5) is 5.69 Å². The van der Waals surface area contributed by atoms with E-state index in [9.17, 15) is 4.79 Å². The maximum Gasteiger partial charge on any atom is 0.255 e. The number of nitrogens with one attached hydrogen (secondary N) is 1. The van der Waals surface area contributed by atoms with Gasteiger partial charge in [-0.1, -0.05) is 70.0 Å². The van der Waals surface area contributed by atoms with Crippen molar-refractivity contribution in [3.05, 3.63) is 110 Å². The molecule has 168 valence electrons. The lowest BCUT2D eigenvalue weighted by Crippen LogP contribution is -2.13. The number of carbonyl (C=O) groups excluding carboxylic acids is 1. The first-order valence-electron chi connectivity index (χ1n) is 10.5. The smallest absolute Gasteiger partial charge is 0.255 e. The minimum atomic E-state index is -0.177. The zero-order chi connectivity index (χ0) is 23.4. The van der Waals surface area contributed by atoms with Gasteiger partial charge in [-0.25, -0.2) is 0 Å². The van der Waals surface area contributed by atoms with Crippen LogP contribution in [0.15, 0.2) is 77.3 Å². The highest BCUT2D eigenvalue weighted by Crippen LogP contribution is 2.28. The largest absolute Gasteiger partial charge is 0.487 e. The van der Waals surface area contributed by atoms with Crippen LogP contribution in [0.5, 0.6) is 5.75 Å². The number of carbonyl (C=O) groups is 1. The molecule has 7 heteroatoms. The molecule has 1 amide bonds. The number of hydrogen-bond donors (Lipinski definition) is 1. The van der Waals surface area contributed by atoms with Gasteiger partial charge in [0.2, 0.25) is 0 Å². The van der Waals surface area contributed by atoms with Gasteiger partial charge in [-0.05, 0) is 55.3 Å². The van der Waals surface area contributed by atoms with Gasteiger partial charge in [-0.2, -0.15) is 5.10 Å². The molecule has 0 spiro atoms. The number of halogens is 2. The molecule has 0 radical (unpaired) electrons. The number of rotatable bonds is 7. The summed E-state index contributed by atoms with van der Waals surface area (Å²) < 4.78 is 8.60. The van der Waals surface area contributed by atoms with E-state index in [-0.39, 0.29) is 5.91 Å². The Bertz CT molecular complexity index is 1270. The van der Waals surface area contributed by atoms with E-state index < -0.39 is 0 Å². The Hall–Kier alpha value is -3.09. The van der Waals surface area contributed by atoms with Crippen molar-refractivity contribution < 1.29 is 9.53 Å². The molecule has 33 heavy (non-hydrogen) atoms. The monoisotopic (exact) mass is 523 g/mol. The van der Waals surface area contributed by atoms with Gasteiger partial charge in [0.15, 0.2) is 0 Å². The summed E-state index contributed by atoms with van der Waals surface area (Å²) in [6.07, 6.45) is 0. The van der Waals surface area contributed by atoms with Crippen LogP contribution >= 0.6 is 27.5 Å². The maximum absolute atomic E-state index is 12.9. The number of ether oxygens (including phenoxy) is 1.